The number of nitrogens with zero attached hydrogens (tertiary/aromatic N) is 2. The van der Waals surface area contributed by atoms with Crippen molar-refractivity contribution in [3.63, 3.8) is 0 Å². The molecule has 0 aliphatic carbocycles. The standard InChI is InChI=1S/C10H17F2N3/c1-2-3-4-5-13-8-9-14-6-7-15(9)10(11)12/h6-7,10,13H,2-5,8H2,1H3. The summed E-state index contributed by atoms with van der Waals surface area (Å²) in [6.07, 6.45) is 6.10. The number of hydrogen-bond acceptors (Lipinski definition) is 2. The summed E-state index contributed by atoms with van der Waals surface area (Å²) in [6, 6.07) is 0. The average molecular weight is 217 g/mol. The van der Waals surface area contributed by atoms with Crippen LogP contribution in [-0.2, 0) is 6.54 Å². The summed E-state index contributed by atoms with van der Waals surface area (Å²) < 4.78 is 25.7. The van der Waals surface area contributed by atoms with Gasteiger partial charge in [0.25, 0.3) is 0 Å². The van der Waals surface area contributed by atoms with Crippen LogP contribution in [0.2, 0.25) is 0 Å². The van der Waals surface area contributed by atoms with E-state index in [1.54, 1.807) is 0 Å². The van der Waals surface area contributed by atoms with E-state index in [0.717, 1.165) is 30.4 Å². The molecule has 0 spiro atoms. The van der Waals surface area contributed by atoms with Gasteiger partial charge in [-0.1, -0.05) is 19.8 Å². The van der Waals surface area contributed by atoms with Crippen LogP contribution in [0.3, 0.4) is 0 Å². The van der Waals surface area contributed by atoms with Crippen molar-refractivity contribution in [1.29, 1.82) is 0 Å². The number of imidazole rings is 1. The molecule has 0 aromatic carbocycles. The quantitative estimate of drug-likeness (QED) is 0.711. The maximum absolute atomic E-state index is 12.4. The van der Waals surface area contributed by atoms with E-state index in [-0.39, 0.29) is 0 Å². The molecule has 0 bridgehead atoms. The minimum Gasteiger partial charge on any atom is -0.310 e. The molecule has 0 aliphatic rings. The maximum atomic E-state index is 12.4. The van der Waals surface area contributed by atoms with E-state index in [2.05, 4.69) is 17.2 Å². The summed E-state index contributed by atoms with van der Waals surface area (Å²) in [5.74, 6) is 0.390. The maximum Gasteiger partial charge on any atom is 0.319 e. The van der Waals surface area contributed by atoms with Crippen molar-refractivity contribution in [2.24, 2.45) is 0 Å². The molecule has 0 aliphatic heterocycles. The molecule has 0 saturated heterocycles. The highest BCUT2D eigenvalue weighted by molar-refractivity contribution is 4.92. The first-order chi connectivity index (χ1) is 7.25. The summed E-state index contributed by atoms with van der Waals surface area (Å²) in [6.45, 7) is 0.883. The Labute approximate surface area is 88.5 Å². The van der Waals surface area contributed by atoms with Gasteiger partial charge in [0.05, 0.1) is 6.54 Å². The van der Waals surface area contributed by atoms with Crippen molar-refractivity contribution in [2.45, 2.75) is 39.3 Å². The van der Waals surface area contributed by atoms with Crippen LogP contribution in [0.4, 0.5) is 8.78 Å². The lowest BCUT2D eigenvalue weighted by Crippen LogP contribution is -2.18. The minimum absolute atomic E-state index is 0.390. The van der Waals surface area contributed by atoms with Gasteiger partial charge in [-0.2, -0.15) is 8.78 Å². The van der Waals surface area contributed by atoms with Crippen LogP contribution in [-0.4, -0.2) is 16.1 Å². The Bertz CT molecular complexity index is 273. The number of nitrogens with one attached hydrogen (secondary N) is 1. The normalized spacial score (nSPS) is 11.2. The molecule has 0 fully saturated rings. The van der Waals surface area contributed by atoms with Gasteiger partial charge >= 0.3 is 6.55 Å². The Morgan fingerprint density at radius 1 is 1.47 bits per heavy atom. The highest BCUT2D eigenvalue weighted by Crippen LogP contribution is 2.11. The fourth-order valence-corrected chi connectivity index (χ4v) is 1.36. The Hall–Kier alpha value is -0.970. The molecule has 5 heteroatoms. The van der Waals surface area contributed by atoms with E-state index in [1.165, 1.54) is 12.4 Å². The van der Waals surface area contributed by atoms with E-state index < -0.39 is 6.55 Å². The highest BCUT2D eigenvalue weighted by atomic mass is 19.3. The second kappa shape index (κ2) is 6.50. The smallest absolute Gasteiger partial charge is 0.310 e. The van der Waals surface area contributed by atoms with Gasteiger partial charge in [0.2, 0.25) is 0 Å². The van der Waals surface area contributed by atoms with E-state index in [4.69, 9.17) is 0 Å². The van der Waals surface area contributed by atoms with Crippen molar-refractivity contribution >= 4 is 0 Å². The molecular weight excluding hydrogens is 200 g/mol. The largest absolute Gasteiger partial charge is 0.319 e. The zero-order valence-electron chi connectivity index (χ0n) is 8.92. The van der Waals surface area contributed by atoms with Crippen LogP contribution in [0.5, 0.6) is 0 Å². The summed E-state index contributed by atoms with van der Waals surface area (Å²) in [5.41, 5.74) is 0. The van der Waals surface area contributed by atoms with Crippen LogP contribution < -0.4 is 5.32 Å². The second-order valence-electron chi connectivity index (χ2n) is 3.41. The first-order valence-corrected chi connectivity index (χ1v) is 5.26. The zero-order valence-corrected chi connectivity index (χ0v) is 8.92. The number of rotatable bonds is 7. The fraction of sp³-hybridized carbons (Fsp3) is 0.700. The van der Waals surface area contributed by atoms with Crippen molar-refractivity contribution < 1.29 is 8.78 Å². The average Bonchev–Trinajstić information content (AvgIpc) is 2.66. The van der Waals surface area contributed by atoms with E-state index in [9.17, 15) is 8.78 Å². The van der Waals surface area contributed by atoms with Crippen LogP contribution in [0.15, 0.2) is 12.4 Å². The Morgan fingerprint density at radius 3 is 2.93 bits per heavy atom. The third-order valence-corrected chi connectivity index (χ3v) is 2.20. The summed E-state index contributed by atoms with van der Waals surface area (Å²) in [7, 11) is 0. The van der Waals surface area contributed by atoms with Gasteiger partial charge in [0, 0.05) is 12.4 Å². The Kier molecular flexibility index (Phi) is 5.25. The molecule has 0 amide bonds. The van der Waals surface area contributed by atoms with Crippen LogP contribution in [0, 0.1) is 0 Å². The molecule has 1 rings (SSSR count). The topological polar surface area (TPSA) is 29.9 Å². The molecule has 86 valence electrons. The van der Waals surface area contributed by atoms with E-state index in [0.29, 0.717) is 12.4 Å². The summed E-state index contributed by atoms with van der Waals surface area (Å²) >= 11 is 0. The molecule has 1 aromatic heterocycles. The van der Waals surface area contributed by atoms with Gasteiger partial charge in [-0.05, 0) is 13.0 Å². The molecule has 0 saturated carbocycles. The number of hydrogen-bond donors (Lipinski definition) is 1. The molecule has 0 atom stereocenters. The molecule has 1 N–H and O–H groups in total. The number of aromatic nitrogens is 2. The number of halogens is 2. The Balaban J connectivity index is 2.28. The fourth-order valence-electron chi connectivity index (χ4n) is 1.36. The van der Waals surface area contributed by atoms with E-state index >= 15 is 0 Å². The first kappa shape index (κ1) is 12.1. The second-order valence-corrected chi connectivity index (χ2v) is 3.41. The molecular formula is C10H17F2N3. The van der Waals surface area contributed by atoms with Crippen molar-refractivity contribution in [2.75, 3.05) is 6.54 Å². The molecule has 1 aromatic rings. The first-order valence-electron chi connectivity index (χ1n) is 5.26. The molecule has 0 radical (unpaired) electrons. The monoisotopic (exact) mass is 217 g/mol. The predicted octanol–water partition coefficient (Wildman–Crippen LogP) is 2.56. The van der Waals surface area contributed by atoms with Gasteiger partial charge < -0.3 is 5.32 Å². The predicted molar refractivity (Wildman–Crippen MR) is 54.7 cm³/mol. The highest BCUT2D eigenvalue weighted by Gasteiger charge is 2.09. The van der Waals surface area contributed by atoms with Gasteiger partial charge in [-0.3, -0.25) is 4.57 Å². The summed E-state index contributed by atoms with van der Waals surface area (Å²) in [4.78, 5) is 3.88. The third kappa shape index (κ3) is 3.95. The number of alkyl halides is 2. The van der Waals surface area contributed by atoms with Gasteiger partial charge in [0.15, 0.2) is 0 Å². The van der Waals surface area contributed by atoms with Crippen molar-refractivity contribution in [3.05, 3.63) is 18.2 Å². The lowest BCUT2D eigenvalue weighted by atomic mass is 10.2. The zero-order chi connectivity index (χ0) is 11.1. The van der Waals surface area contributed by atoms with Crippen molar-refractivity contribution in [3.8, 4) is 0 Å². The van der Waals surface area contributed by atoms with Gasteiger partial charge in [-0.15, -0.1) is 0 Å². The number of unbranched alkanes of at least 4 members (excludes halogenated alkanes) is 2. The summed E-state index contributed by atoms with van der Waals surface area (Å²) in [5, 5.41) is 3.10. The Morgan fingerprint density at radius 2 is 2.27 bits per heavy atom. The van der Waals surface area contributed by atoms with Crippen LogP contribution in [0.25, 0.3) is 0 Å². The molecule has 1 heterocycles. The van der Waals surface area contributed by atoms with Crippen molar-refractivity contribution in [1.82, 2.24) is 14.9 Å². The molecule has 3 nitrogen and oxygen atoms in total. The molecule has 15 heavy (non-hydrogen) atoms. The SMILES string of the molecule is CCCCCNCc1nccn1C(F)F. The lowest BCUT2D eigenvalue weighted by Gasteiger charge is -2.07. The lowest BCUT2D eigenvalue weighted by molar-refractivity contribution is 0.0666. The van der Waals surface area contributed by atoms with Gasteiger partial charge in [0.1, 0.15) is 5.82 Å². The van der Waals surface area contributed by atoms with Crippen LogP contribution >= 0.6 is 0 Å². The molecule has 0 unspecified atom stereocenters. The van der Waals surface area contributed by atoms with Crippen LogP contribution in [0.1, 0.15) is 38.6 Å². The third-order valence-electron chi connectivity index (χ3n) is 2.20. The van der Waals surface area contributed by atoms with E-state index in [1.807, 2.05) is 0 Å². The minimum atomic E-state index is -2.50. The van der Waals surface area contributed by atoms with Gasteiger partial charge in [-0.25, -0.2) is 4.98 Å².